The monoisotopic (exact) mass is 274 g/mol. The van der Waals surface area contributed by atoms with Crippen LogP contribution in [0.25, 0.3) is 0 Å². The van der Waals surface area contributed by atoms with E-state index in [9.17, 15) is 0 Å². The molecule has 1 saturated heterocycles. The molecule has 4 nitrogen and oxygen atoms in total. The number of fused-ring (bicyclic) bond motifs is 1. The third-order valence-electron chi connectivity index (χ3n) is 4.78. The first-order valence-electron chi connectivity index (χ1n) is 8.14. The summed E-state index contributed by atoms with van der Waals surface area (Å²) in [5, 5.41) is 3.60. The molecule has 4 heteroatoms. The van der Waals surface area contributed by atoms with Crippen molar-refractivity contribution in [3.05, 3.63) is 17.6 Å². The van der Waals surface area contributed by atoms with Crippen LogP contribution in [0, 0.1) is 0 Å². The van der Waals surface area contributed by atoms with E-state index < -0.39 is 0 Å². The molecule has 0 amide bonds. The molecule has 0 radical (unpaired) electrons. The Hall–Kier alpha value is -1.16. The molecule has 1 aromatic rings. The number of piperidine rings is 1. The summed E-state index contributed by atoms with van der Waals surface area (Å²) in [6, 6.07) is 1.09. The molecule has 1 aliphatic heterocycles. The number of rotatable bonds is 4. The van der Waals surface area contributed by atoms with E-state index in [4.69, 9.17) is 0 Å². The van der Waals surface area contributed by atoms with E-state index in [2.05, 4.69) is 34.0 Å². The molecule has 1 fully saturated rings. The van der Waals surface area contributed by atoms with Gasteiger partial charge in [-0.15, -0.1) is 0 Å². The second-order valence-electron chi connectivity index (χ2n) is 6.08. The van der Waals surface area contributed by atoms with Gasteiger partial charge in [-0.3, -0.25) is 0 Å². The van der Waals surface area contributed by atoms with Crippen molar-refractivity contribution in [3.8, 4) is 0 Å². The van der Waals surface area contributed by atoms with Crippen LogP contribution in [0.5, 0.6) is 0 Å². The maximum atomic E-state index is 4.65. The Morgan fingerprint density at radius 2 is 2.20 bits per heavy atom. The summed E-state index contributed by atoms with van der Waals surface area (Å²) in [5.41, 5.74) is 2.71. The van der Waals surface area contributed by atoms with E-state index in [1.807, 2.05) is 0 Å². The molecule has 1 aromatic heterocycles. The highest BCUT2D eigenvalue weighted by atomic mass is 15.2. The van der Waals surface area contributed by atoms with Crippen molar-refractivity contribution in [3.63, 3.8) is 0 Å². The summed E-state index contributed by atoms with van der Waals surface area (Å²) in [6.45, 7) is 6.68. The maximum Gasteiger partial charge on any atom is 0.135 e. The van der Waals surface area contributed by atoms with Crippen molar-refractivity contribution < 1.29 is 0 Å². The zero-order valence-corrected chi connectivity index (χ0v) is 12.7. The van der Waals surface area contributed by atoms with Gasteiger partial charge in [0.15, 0.2) is 0 Å². The van der Waals surface area contributed by atoms with Gasteiger partial charge in [-0.25, -0.2) is 9.97 Å². The summed E-state index contributed by atoms with van der Waals surface area (Å²) in [5.74, 6) is 1.22. The number of hydrogen-bond acceptors (Lipinski definition) is 4. The lowest BCUT2D eigenvalue weighted by atomic mass is 9.95. The zero-order valence-electron chi connectivity index (χ0n) is 12.7. The Labute approximate surface area is 122 Å². The van der Waals surface area contributed by atoms with Gasteiger partial charge in [0.05, 0.1) is 0 Å². The maximum absolute atomic E-state index is 4.65. The molecule has 2 heterocycles. The van der Waals surface area contributed by atoms with Crippen molar-refractivity contribution in [2.45, 2.75) is 64.5 Å². The fourth-order valence-electron chi connectivity index (χ4n) is 3.79. The van der Waals surface area contributed by atoms with Crippen LogP contribution in [0.3, 0.4) is 0 Å². The summed E-state index contributed by atoms with van der Waals surface area (Å²) in [6.07, 6.45) is 9.19. The average molecular weight is 274 g/mol. The van der Waals surface area contributed by atoms with Crippen LogP contribution in [0.1, 0.15) is 50.8 Å². The molecular formula is C16H26N4. The van der Waals surface area contributed by atoms with Crippen molar-refractivity contribution in [1.29, 1.82) is 0 Å². The molecule has 110 valence electrons. The fraction of sp³-hybridized carbons (Fsp3) is 0.750. The second kappa shape index (κ2) is 6.08. The van der Waals surface area contributed by atoms with Gasteiger partial charge in [-0.1, -0.05) is 6.92 Å². The topological polar surface area (TPSA) is 41.0 Å². The first kappa shape index (κ1) is 13.8. The number of aromatic nitrogens is 2. The predicted octanol–water partition coefficient (Wildman–Crippen LogP) is 2.32. The molecule has 2 atom stereocenters. The summed E-state index contributed by atoms with van der Waals surface area (Å²) in [7, 11) is 0. The number of aryl methyl sites for hydroxylation is 1. The Balaban J connectivity index is 1.88. The van der Waals surface area contributed by atoms with Crippen molar-refractivity contribution in [2.24, 2.45) is 0 Å². The Kier molecular flexibility index (Phi) is 4.20. The summed E-state index contributed by atoms with van der Waals surface area (Å²) < 4.78 is 0. The van der Waals surface area contributed by atoms with Crippen LogP contribution in [-0.2, 0) is 12.8 Å². The minimum atomic E-state index is 0.521. The molecule has 20 heavy (non-hydrogen) atoms. The first-order valence-corrected chi connectivity index (χ1v) is 8.14. The van der Waals surface area contributed by atoms with E-state index in [0.29, 0.717) is 12.1 Å². The zero-order chi connectivity index (χ0) is 13.9. The third-order valence-corrected chi connectivity index (χ3v) is 4.78. The quantitative estimate of drug-likeness (QED) is 0.915. The number of nitrogens with zero attached hydrogens (tertiary/aromatic N) is 3. The van der Waals surface area contributed by atoms with Gasteiger partial charge >= 0.3 is 0 Å². The number of nitrogens with one attached hydrogen (secondary N) is 1. The molecule has 2 aliphatic rings. The highest BCUT2D eigenvalue weighted by Gasteiger charge is 2.31. The lowest BCUT2D eigenvalue weighted by Crippen LogP contribution is -2.51. The molecule has 3 rings (SSSR count). The Bertz CT molecular complexity index is 460. The normalized spacial score (nSPS) is 23.7. The largest absolute Gasteiger partial charge is 0.352 e. The lowest BCUT2D eigenvalue weighted by Gasteiger charge is -2.41. The van der Waals surface area contributed by atoms with Crippen LogP contribution in [0.15, 0.2) is 6.33 Å². The Morgan fingerprint density at radius 1 is 1.30 bits per heavy atom. The predicted molar refractivity (Wildman–Crippen MR) is 82.2 cm³/mol. The van der Waals surface area contributed by atoms with Crippen LogP contribution >= 0.6 is 0 Å². The van der Waals surface area contributed by atoms with E-state index >= 15 is 0 Å². The van der Waals surface area contributed by atoms with Gasteiger partial charge in [0.25, 0.3) is 0 Å². The van der Waals surface area contributed by atoms with E-state index in [1.54, 1.807) is 6.33 Å². The van der Waals surface area contributed by atoms with Crippen LogP contribution in [0.2, 0.25) is 0 Å². The van der Waals surface area contributed by atoms with Gasteiger partial charge < -0.3 is 10.2 Å². The minimum absolute atomic E-state index is 0.521. The number of anilines is 1. The van der Waals surface area contributed by atoms with Crippen LogP contribution in [-0.4, -0.2) is 35.1 Å². The number of hydrogen-bond donors (Lipinski definition) is 1. The lowest BCUT2D eigenvalue weighted by molar-refractivity contribution is 0.369. The van der Waals surface area contributed by atoms with E-state index in [0.717, 1.165) is 25.9 Å². The molecule has 1 N–H and O–H groups in total. The van der Waals surface area contributed by atoms with Gasteiger partial charge in [0.2, 0.25) is 0 Å². The standard InChI is InChI=1S/C16H26N4/c1-3-17-12(2)15-9-4-5-10-20(15)16-13-7-6-8-14(13)18-11-19-16/h11-12,15,17H,3-10H2,1-2H3. The molecule has 0 bridgehead atoms. The summed E-state index contributed by atoms with van der Waals surface area (Å²) in [4.78, 5) is 11.7. The van der Waals surface area contributed by atoms with E-state index in [-0.39, 0.29) is 0 Å². The molecule has 0 saturated carbocycles. The third kappa shape index (κ3) is 2.53. The first-order chi connectivity index (χ1) is 9.81. The molecular weight excluding hydrogens is 248 g/mol. The second-order valence-corrected chi connectivity index (χ2v) is 6.08. The van der Waals surface area contributed by atoms with E-state index in [1.165, 1.54) is 42.8 Å². The average Bonchev–Trinajstić information content (AvgIpc) is 2.96. The van der Waals surface area contributed by atoms with Crippen molar-refractivity contribution in [1.82, 2.24) is 15.3 Å². The molecule has 0 spiro atoms. The minimum Gasteiger partial charge on any atom is -0.352 e. The van der Waals surface area contributed by atoms with Gasteiger partial charge in [-0.2, -0.15) is 0 Å². The Morgan fingerprint density at radius 3 is 3.05 bits per heavy atom. The van der Waals surface area contributed by atoms with Gasteiger partial charge in [-0.05, 0) is 52.0 Å². The highest BCUT2D eigenvalue weighted by molar-refractivity contribution is 5.51. The van der Waals surface area contributed by atoms with Crippen LogP contribution in [0.4, 0.5) is 5.82 Å². The molecule has 1 aliphatic carbocycles. The van der Waals surface area contributed by atoms with Crippen molar-refractivity contribution >= 4 is 5.82 Å². The number of likely N-dealkylation sites (N-methyl/N-ethyl adjacent to an activating group) is 1. The molecule has 0 aromatic carbocycles. The van der Waals surface area contributed by atoms with Crippen LogP contribution < -0.4 is 10.2 Å². The van der Waals surface area contributed by atoms with Crippen molar-refractivity contribution in [2.75, 3.05) is 18.0 Å². The SMILES string of the molecule is CCNC(C)C1CCCCN1c1ncnc2c1CCC2. The fourth-order valence-corrected chi connectivity index (χ4v) is 3.79. The van der Waals surface area contributed by atoms with Gasteiger partial charge in [0, 0.05) is 29.9 Å². The highest BCUT2D eigenvalue weighted by Crippen LogP contribution is 2.32. The summed E-state index contributed by atoms with van der Waals surface area (Å²) >= 11 is 0. The molecule has 2 unspecified atom stereocenters. The smallest absolute Gasteiger partial charge is 0.135 e. The van der Waals surface area contributed by atoms with Gasteiger partial charge in [0.1, 0.15) is 12.1 Å².